The summed E-state index contributed by atoms with van der Waals surface area (Å²) in [5.41, 5.74) is 5.43. The summed E-state index contributed by atoms with van der Waals surface area (Å²) in [5, 5.41) is 8.98. The first-order valence-corrected chi connectivity index (χ1v) is 3.66. The molecule has 2 atom stereocenters. The second-order valence-corrected chi connectivity index (χ2v) is 2.87. The van der Waals surface area contributed by atoms with Crippen LogP contribution in [0, 0.1) is 0 Å². The smallest absolute Gasteiger partial charge is 0.0639 e. The van der Waals surface area contributed by atoms with Crippen LogP contribution in [0.4, 0.5) is 0 Å². The topological polar surface area (TPSA) is 49.5 Å². The minimum absolute atomic E-state index is 0.265. The predicted octanol–water partition coefficient (Wildman–Crippen LogP) is -0.354. The predicted molar refractivity (Wildman–Crippen MR) is 42.8 cm³/mol. The van der Waals surface area contributed by atoms with Gasteiger partial charge in [0.05, 0.1) is 6.10 Å². The van der Waals surface area contributed by atoms with Gasteiger partial charge in [0.2, 0.25) is 0 Å². The summed E-state index contributed by atoms with van der Waals surface area (Å²) in [6, 6.07) is 0.356. The van der Waals surface area contributed by atoms with E-state index in [-0.39, 0.29) is 6.10 Å². The van der Waals surface area contributed by atoms with Crippen LogP contribution in [-0.2, 0) is 0 Å². The van der Waals surface area contributed by atoms with Gasteiger partial charge in [0.1, 0.15) is 0 Å². The molecule has 0 aliphatic heterocycles. The van der Waals surface area contributed by atoms with Gasteiger partial charge in [-0.25, -0.2) is 0 Å². The van der Waals surface area contributed by atoms with Gasteiger partial charge in [-0.3, -0.25) is 4.90 Å². The number of likely N-dealkylation sites (N-methyl/N-ethyl adjacent to an activating group) is 1. The van der Waals surface area contributed by atoms with E-state index in [1.54, 1.807) is 6.92 Å². The van der Waals surface area contributed by atoms with Crippen LogP contribution in [0.25, 0.3) is 0 Å². The van der Waals surface area contributed by atoms with Crippen molar-refractivity contribution in [3.63, 3.8) is 0 Å². The molecular formula is C7H18N2O. The highest BCUT2D eigenvalue weighted by molar-refractivity contribution is 4.65. The van der Waals surface area contributed by atoms with Crippen molar-refractivity contribution < 1.29 is 5.11 Å². The Morgan fingerprint density at radius 2 is 2.00 bits per heavy atom. The molecule has 0 saturated carbocycles. The van der Waals surface area contributed by atoms with Gasteiger partial charge in [-0.1, -0.05) is 0 Å². The van der Waals surface area contributed by atoms with E-state index in [4.69, 9.17) is 10.8 Å². The molecule has 1 unspecified atom stereocenters. The fourth-order valence-corrected chi connectivity index (χ4v) is 0.777. The number of aliphatic hydroxyl groups is 1. The Kier molecular flexibility index (Phi) is 4.60. The number of hydrogen-bond acceptors (Lipinski definition) is 3. The maximum absolute atomic E-state index is 8.98. The van der Waals surface area contributed by atoms with E-state index < -0.39 is 0 Å². The molecule has 0 heterocycles. The lowest BCUT2D eigenvalue weighted by Crippen LogP contribution is -2.39. The summed E-state index contributed by atoms with van der Waals surface area (Å²) in [4.78, 5) is 2.05. The van der Waals surface area contributed by atoms with Gasteiger partial charge in [-0.05, 0) is 20.9 Å². The largest absolute Gasteiger partial charge is 0.392 e. The Morgan fingerprint density at radius 3 is 2.30 bits per heavy atom. The van der Waals surface area contributed by atoms with Crippen LogP contribution < -0.4 is 5.73 Å². The van der Waals surface area contributed by atoms with Gasteiger partial charge in [0.25, 0.3) is 0 Å². The summed E-state index contributed by atoms with van der Waals surface area (Å²) in [7, 11) is 1.96. The van der Waals surface area contributed by atoms with E-state index in [1.807, 2.05) is 18.9 Å². The van der Waals surface area contributed by atoms with Crippen molar-refractivity contribution in [2.24, 2.45) is 5.73 Å². The molecule has 0 amide bonds. The lowest BCUT2D eigenvalue weighted by atomic mass is 10.3. The Balaban J connectivity index is 3.50. The Bertz CT molecular complexity index is 85.7. The minimum atomic E-state index is -0.265. The number of hydrogen-bond donors (Lipinski definition) is 2. The first kappa shape index (κ1) is 9.88. The second kappa shape index (κ2) is 4.66. The molecule has 3 N–H and O–H groups in total. The van der Waals surface area contributed by atoms with Crippen molar-refractivity contribution in [3.8, 4) is 0 Å². The lowest BCUT2D eigenvalue weighted by Gasteiger charge is -2.24. The molecule has 3 nitrogen and oxygen atoms in total. The SMILES string of the molecule is CC(O)CN(C)[C@H](C)CN. The standard InChI is InChI=1S/C7H18N2O/c1-6(4-8)9(3)5-7(2)10/h6-7,10H,4-5,8H2,1-3H3/t6-,7?/m1/s1. The van der Waals surface area contributed by atoms with Crippen LogP contribution in [0.15, 0.2) is 0 Å². The van der Waals surface area contributed by atoms with Crippen molar-refractivity contribution in [1.82, 2.24) is 4.90 Å². The zero-order chi connectivity index (χ0) is 8.15. The van der Waals surface area contributed by atoms with E-state index in [0.29, 0.717) is 19.1 Å². The molecule has 0 aliphatic rings. The van der Waals surface area contributed by atoms with Crippen molar-refractivity contribution in [1.29, 1.82) is 0 Å². The molecule has 10 heavy (non-hydrogen) atoms. The molecule has 0 spiro atoms. The zero-order valence-corrected chi connectivity index (χ0v) is 7.04. The molecule has 0 aromatic heterocycles. The Hall–Kier alpha value is -0.120. The molecule has 0 bridgehead atoms. The molecule has 0 aromatic rings. The van der Waals surface area contributed by atoms with Crippen LogP contribution in [0.5, 0.6) is 0 Å². The number of aliphatic hydroxyl groups excluding tert-OH is 1. The van der Waals surface area contributed by atoms with E-state index in [1.165, 1.54) is 0 Å². The van der Waals surface area contributed by atoms with E-state index in [0.717, 1.165) is 0 Å². The fourth-order valence-electron chi connectivity index (χ4n) is 0.777. The lowest BCUT2D eigenvalue weighted by molar-refractivity contribution is 0.123. The fraction of sp³-hybridized carbons (Fsp3) is 1.00. The zero-order valence-electron chi connectivity index (χ0n) is 7.04. The average Bonchev–Trinajstić information content (AvgIpc) is 1.85. The van der Waals surface area contributed by atoms with Gasteiger partial charge in [0.15, 0.2) is 0 Å². The summed E-state index contributed by atoms with van der Waals surface area (Å²) in [6.45, 7) is 5.16. The second-order valence-electron chi connectivity index (χ2n) is 2.87. The summed E-state index contributed by atoms with van der Waals surface area (Å²) < 4.78 is 0. The first-order valence-electron chi connectivity index (χ1n) is 3.66. The van der Waals surface area contributed by atoms with Crippen LogP contribution in [0.3, 0.4) is 0 Å². The van der Waals surface area contributed by atoms with Crippen molar-refractivity contribution in [2.75, 3.05) is 20.1 Å². The van der Waals surface area contributed by atoms with Gasteiger partial charge in [-0.15, -0.1) is 0 Å². The van der Waals surface area contributed by atoms with Gasteiger partial charge < -0.3 is 10.8 Å². The average molecular weight is 146 g/mol. The van der Waals surface area contributed by atoms with Crippen molar-refractivity contribution >= 4 is 0 Å². The molecule has 0 fully saturated rings. The highest BCUT2D eigenvalue weighted by Gasteiger charge is 2.08. The summed E-state index contributed by atoms with van der Waals surface area (Å²) in [5.74, 6) is 0. The van der Waals surface area contributed by atoms with E-state index >= 15 is 0 Å². The van der Waals surface area contributed by atoms with Crippen LogP contribution >= 0.6 is 0 Å². The third-order valence-corrected chi connectivity index (χ3v) is 1.65. The van der Waals surface area contributed by atoms with Gasteiger partial charge in [-0.2, -0.15) is 0 Å². The maximum Gasteiger partial charge on any atom is 0.0639 e. The third kappa shape index (κ3) is 3.82. The highest BCUT2D eigenvalue weighted by atomic mass is 16.3. The monoisotopic (exact) mass is 146 g/mol. The van der Waals surface area contributed by atoms with Gasteiger partial charge >= 0.3 is 0 Å². The summed E-state index contributed by atoms with van der Waals surface area (Å²) in [6.07, 6.45) is -0.265. The molecule has 62 valence electrons. The van der Waals surface area contributed by atoms with Crippen LogP contribution in [0.1, 0.15) is 13.8 Å². The van der Waals surface area contributed by atoms with Crippen LogP contribution in [-0.4, -0.2) is 42.3 Å². The Labute approximate surface area is 62.8 Å². The maximum atomic E-state index is 8.98. The molecule has 0 aliphatic carbocycles. The Morgan fingerprint density at radius 1 is 1.50 bits per heavy atom. The minimum Gasteiger partial charge on any atom is -0.392 e. The number of rotatable bonds is 4. The number of nitrogens with two attached hydrogens (primary N) is 1. The molecule has 3 heteroatoms. The number of nitrogens with zero attached hydrogens (tertiary/aromatic N) is 1. The van der Waals surface area contributed by atoms with Crippen LogP contribution in [0.2, 0.25) is 0 Å². The third-order valence-electron chi connectivity index (χ3n) is 1.65. The molecule has 0 aromatic carbocycles. The van der Waals surface area contributed by atoms with E-state index in [2.05, 4.69) is 0 Å². The summed E-state index contributed by atoms with van der Waals surface area (Å²) >= 11 is 0. The van der Waals surface area contributed by atoms with Crippen molar-refractivity contribution in [2.45, 2.75) is 26.0 Å². The molecular weight excluding hydrogens is 128 g/mol. The highest BCUT2D eigenvalue weighted by Crippen LogP contribution is 1.94. The normalized spacial score (nSPS) is 17.4. The first-order chi connectivity index (χ1) is 4.57. The molecule has 0 radical (unpaired) electrons. The van der Waals surface area contributed by atoms with Crippen molar-refractivity contribution in [3.05, 3.63) is 0 Å². The van der Waals surface area contributed by atoms with E-state index in [9.17, 15) is 0 Å². The van der Waals surface area contributed by atoms with Gasteiger partial charge in [0, 0.05) is 19.1 Å². The quantitative estimate of drug-likeness (QED) is 0.570. The molecule has 0 saturated heterocycles. The molecule has 0 rings (SSSR count).